The molecule has 0 radical (unpaired) electrons. The van der Waals surface area contributed by atoms with E-state index in [0.717, 1.165) is 12.0 Å². The third-order valence-corrected chi connectivity index (χ3v) is 3.73. The van der Waals surface area contributed by atoms with Crippen molar-refractivity contribution < 1.29 is 5.11 Å². The zero-order valence-electron chi connectivity index (χ0n) is 10.4. The fourth-order valence-corrected chi connectivity index (χ4v) is 1.99. The highest BCUT2D eigenvalue weighted by molar-refractivity contribution is 6.30. The van der Waals surface area contributed by atoms with Crippen LogP contribution in [0.1, 0.15) is 31.9 Å². The molecule has 2 atom stereocenters. The monoisotopic (exact) mass is 241 g/mol. The van der Waals surface area contributed by atoms with Crippen LogP contribution in [-0.2, 0) is 0 Å². The molecule has 0 aliphatic rings. The van der Waals surface area contributed by atoms with Crippen LogP contribution in [0.4, 0.5) is 0 Å². The van der Waals surface area contributed by atoms with Gasteiger partial charge in [0.25, 0.3) is 0 Å². The van der Waals surface area contributed by atoms with Crippen molar-refractivity contribution in [3.8, 4) is 0 Å². The molecule has 0 spiro atoms. The Bertz CT molecular complexity index is 354. The lowest BCUT2D eigenvalue weighted by atomic mass is 9.86. The van der Waals surface area contributed by atoms with Crippen molar-refractivity contribution in [1.29, 1.82) is 0 Å². The predicted molar refractivity (Wildman–Crippen MR) is 68.8 cm³/mol. The minimum Gasteiger partial charge on any atom is -0.386 e. The van der Waals surface area contributed by atoms with Crippen LogP contribution in [-0.4, -0.2) is 29.6 Å². The van der Waals surface area contributed by atoms with E-state index < -0.39 is 6.10 Å². The lowest BCUT2D eigenvalue weighted by Crippen LogP contribution is -2.46. The van der Waals surface area contributed by atoms with E-state index in [-0.39, 0.29) is 5.54 Å². The van der Waals surface area contributed by atoms with Crippen LogP contribution >= 0.6 is 11.6 Å². The summed E-state index contributed by atoms with van der Waals surface area (Å²) in [6.07, 6.45) is 0.333. The maximum Gasteiger partial charge on any atom is 0.0971 e. The van der Waals surface area contributed by atoms with Gasteiger partial charge in [-0.2, -0.15) is 0 Å². The molecule has 90 valence electrons. The number of nitrogens with zero attached hydrogens (tertiary/aromatic N) is 1. The van der Waals surface area contributed by atoms with Gasteiger partial charge in [0.1, 0.15) is 0 Å². The van der Waals surface area contributed by atoms with Crippen LogP contribution in [0.3, 0.4) is 0 Å². The lowest BCUT2D eigenvalue weighted by Gasteiger charge is -2.40. The Balaban J connectivity index is 3.04. The van der Waals surface area contributed by atoms with Crippen molar-refractivity contribution in [2.24, 2.45) is 0 Å². The van der Waals surface area contributed by atoms with Gasteiger partial charge in [0, 0.05) is 10.6 Å². The molecule has 0 aliphatic heterocycles. The first-order valence-corrected chi connectivity index (χ1v) is 5.90. The van der Waals surface area contributed by atoms with Crippen molar-refractivity contribution in [2.75, 3.05) is 14.1 Å². The molecular formula is C13H20ClNO. The highest BCUT2D eigenvalue weighted by Crippen LogP contribution is 2.33. The Morgan fingerprint density at radius 3 is 2.50 bits per heavy atom. The summed E-state index contributed by atoms with van der Waals surface area (Å²) < 4.78 is 0. The summed E-state index contributed by atoms with van der Waals surface area (Å²) in [6, 6.07) is 7.42. The van der Waals surface area contributed by atoms with Crippen LogP contribution in [0.15, 0.2) is 24.3 Å². The van der Waals surface area contributed by atoms with Crippen LogP contribution in [0.5, 0.6) is 0 Å². The number of aliphatic hydroxyl groups excluding tert-OH is 1. The van der Waals surface area contributed by atoms with E-state index >= 15 is 0 Å². The molecule has 0 bridgehead atoms. The molecule has 0 heterocycles. The molecular weight excluding hydrogens is 222 g/mol. The van der Waals surface area contributed by atoms with Crippen LogP contribution in [0.2, 0.25) is 5.02 Å². The summed E-state index contributed by atoms with van der Waals surface area (Å²) in [4.78, 5) is 2.05. The Hall–Kier alpha value is -0.570. The van der Waals surface area contributed by atoms with E-state index in [1.165, 1.54) is 0 Å². The second-order valence-electron chi connectivity index (χ2n) is 4.56. The topological polar surface area (TPSA) is 23.5 Å². The Morgan fingerprint density at radius 2 is 2.06 bits per heavy atom. The average molecular weight is 242 g/mol. The van der Waals surface area contributed by atoms with Crippen molar-refractivity contribution in [3.63, 3.8) is 0 Å². The van der Waals surface area contributed by atoms with Gasteiger partial charge in [-0.05, 0) is 45.1 Å². The summed E-state index contributed by atoms with van der Waals surface area (Å²) in [7, 11) is 3.97. The quantitative estimate of drug-likeness (QED) is 0.876. The van der Waals surface area contributed by atoms with E-state index in [4.69, 9.17) is 11.6 Å². The number of aliphatic hydroxyl groups is 1. The lowest BCUT2D eigenvalue weighted by molar-refractivity contribution is 0.000873. The molecule has 0 aromatic heterocycles. The van der Waals surface area contributed by atoms with Gasteiger partial charge >= 0.3 is 0 Å². The summed E-state index contributed by atoms with van der Waals surface area (Å²) >= 11 is 5.94. The molecule has 1 aromatic carbocycles. The van der Waals surface area contributed by atoms with E-state index in [1.54, 1.807) is 0 Å². The normalized spacial score (nSPS) is 17.2. The van der Waals surface area contributed by atoms with E-state index in [2.05, 4.69) is 18.7 Å². The van der Waals surface area contributed by atoms with Crippen LogP contribution < -0.4 is 0 Å². The largest absolute Gasteiger partial charge is 0.386 e. The predicted octanol–water partition coefficient (Wildman–Crippen LogP) is 3.10. The van der Waals surface area contributed by atoms with Crippen molar-refractivity contribution in [3.05, 3.63) is 34.9 Å². The number of rotatable bonds is 4. The molecule has 1 N–H and O–H groups in total. The minimum absolute atomic E-state index is 0.273. The first-order chi connectivity index (χ1) is 7.41. The number of likely N-dealkylation sites (N-methyl/N-ethyl adjacent to an activating group) is 1. The van der Waals surface area contributed by atoms with Gasteiger partial charge in [0.15, 0.2) is 0 Å². The summed E-state index contributed by atoms with van der Waals surface area (Å²) in [6.45, 7) is 4.13. The average Bonchev–Trinajstić information content (AvgIpc) is 2.26. The summed E-state index contributed by atoms with van der Waals surface area (Å²) in [5, 5.41) is 11.1. The molecule has 0 amide bonds. The van der Waals surface area contributed by atoms with Gasteiger partial charge in [-0.25, -0.2) is 0 Å². The van der Waals surface area contributed by atoms with Crippen LogP contribution in [0.25, 0.3) is 0 Å². The Kier molecular flexibility index (Phi) is 4.36. The molecule has 2 unspecified atom stereocenters. The molecule has 3 heteroatoms. The van der Waals surface area contributed by atoms with E-state index in [1.807, 2.05) is 38.4 Å². The van der Waals surface area contributed by atoms with Gasteiger partial charge in [0.2, 0.25) is 0 Å². The minimum atomic E-state index is -0.536. The first kappa shape index (κ1) is 13.5. The second kappa shape index (κ2) is 5.17. The third-order valence-electron chi connectivity index (χ3n) is 3.49. The standard InChI is InChI=1S/C13H20ClNO/c1-5-13(2,15(3)4)12(16)10-7-6-8-11(14)9-10/h6-9,12,16H,5H2,1-4H3. The van der Waals surface area contributed by atoms with Gasteiger partial charge in [-0.3, -0.25) is 0 Å². The van der Waals surface area contributed by atoms with Crippen molar-refractivity contribution in [2.45, 2.75) is 31.9 Å². The number of hydrogen-bond acceptors (Lipinski definition) is 2. The fourth-order valence-electron chi connectivity index (χ4n) is 1.79. The van der Waals surface area contributed by atoms with E-state index in [9.17, 15) is 5.11 Å². The highest BCUT2D eigenvalue weighted by atomic mass is 35.5. The number of halogens is 1. The second-order valence-corrected chi connectivity index (χ2v) is 5.00. The molecule has 1 rings (SSSR count). The zero-order valence-corrected chi connectivity index (χ0v) is 11.1. The van der Waals surface area contributed by atoms with Gasteiger partial charge in [0.05, 0.1) is 6.10 Å². The molecule has 0 saturated heterocycles. The van der Waals surface area contributed by atoms with Crippen LogP contribution in [0, 0.1) is 0 Å². The zero-order chi connectivity index (χ0) is 12.3. The first-order valence-electron chi connectivity index (χ1n) is 5.52. The molecule has 16 heavy (non-hydrogen) atoms. The van der Waals surface area contributed by atoms with Gasteiger partial charge < -0.3 is 10.0 Å². The fraction of sp³-hybridized carbons (Fsp3) is 0.538. The highest BCUT2D eigenvalue weighted by Gasteiger charge is 2.34. The maximum atomic E-state index is 10.4. The number of benzene rings is 1. The van der Waals surface area contributed by atoms with Crippen molar-refractivity contribution in [1.82, 2.24) is 4.90 Å². The number of hydrogen-bond donors (Lipinski definition) is 1. The smallest absolute Gasteiger partial charge is 0.0971 e. The summed E-state index contributed by atoms with van der Waals surface area (Å²) in [5.74, 6) is 0. The molecule has 1 aromatic rings. The maximum absolute atomic E-state index is 10.4. The molecule has 0 fully saturated rings. The Morgan fingerprint density at radius 1 is 1.44 bits per heavy atom. The van der Waals surface area contributed by atoms with Crippen molar-refractivity contribution >= 4 is 11.6 Å². The van der Waals surface area contributed by atoms with Gasteiger partial charge in [-0.15, -0.1) is 0 Å². The Labute approximate surface area is 103 Å². The van der Waals surface area contributed by atoms with Gasteiger partial charge in [-0.1, -0.05) is 30.7 Å². The molecule has 0 aliphatic carbocycles. The van der Waals surface area contributed by atoms with E-state index in [0.29, 0.717) is 5.02 Å². The SMILES string of the molecule is CCC(C)(C(O)c1cccc(Cl)c1)N(C)C. The third kappa shape index (κ3) is 2.57. The molecule has 0 saturated carbocycles. The molecule has 2 nitrogen and oxygen atoms in total. The summed E-state index contributed by atoms with van der Waals surface area (Å²) in [5.41, 5.74) is 0.593.